The molecule has 0 aliphatic carbocycles. The molecule has 0 aliphatic heterocycles. The Morgan fingerprint density at radius 2 is 2.19 bits per heavy atom. The predicted molar refractivity (Wildman–Crippen MR) is 62.3 cm³/mol. The summed E-state index contributed by atoms with van der Waals surface area (Å²) in [6, 6.07) is 1.99. The number of hydrogen-bond donors (Lipinski definition) is 1. The maximum absolute atomic E-state index is 11.7. The minimum absolute atomic E-state index is 0.361. The van der Waals surface area contributed by atoms with Gasteiger partial charge < -0.3 is 10.0 Å². The number of carboxylic acid groups (broad SMARTS) is 1. The summed E-state index contributed by atoms with van der Waals surface area (Å²) in [4.78, 5) is 24.9. The Morgan fingerprint density at radius 3 is 2.62 bits per heavy atom. The summed E-state index contributed by atoms with van der Waals surface area (Å²) >= 11 is 1.57. The zero-order valence-electron chi connectivity index (χ0n) is 9.56. The SMILES string of the molecule is Cc1ccsc1CN(C)C(=O)C(C)C(=O)O. The van der Waals surface area contributed by atoms with Gasteiger partial charge in [0.05, 0.1) is 6.54 Å². The van der Waals surface area contributed by atoms with E-state index >= 15 is 0 Å². The van der Waals surface area contributed by atoms with E-state index in [9.17, 15) is 9.59 Å². The monoisotopic (exact) mass is 241 g/mol. The van der Waals surface area contributed by atoms with Gasteiger partial charge in [-0.3, -0.25) is 9.59 Å². The van der Waals surface area contributed by atoms with Crippen molar-refractivity contribution in [2.75, 3.05) is 7.05 Å². The summed E-state index contributed by atoms with van der Waals surface area (Å²) in [5.74, 6) is -2.43. The Labute approximate surface area is 98.5 Å². The van der Waals surface area contributed by atoms with Crippen molar-refractivity contribution in [3.05, 3.63) is 21.9 Å². The van der Waals surface area contributed by atoms with E-state index < -0.39 is 11.9 Å². The molecule has 0 saturated carbocycles. The first-order chi connectivity index (χ1) is 7.43. The topological polar surface area (TPSA) is 57.6 Å². The molecule has 1 aromatic heterocycles. The van der Waals surface area contributed by atoms with E-state index in [2.05, 4.69) is 0 Å². The smallest absolute Gasteiger partial charge is 0.315 e. The zero-order valence-corrected chi connectivity index (χ0v) is 10.4. The number of carbonyl (C=O) groups is 2. The molecule has 1 atom stereocenters. The first-order valence-electron chi connectivity index (χ1n) is 4.94. The molecule has 0 bridgehead atoms. The summed E-state index contributed by atoms with van der Waals surface area (Å²) in [7, 11) is 1.63. The lowest BCUT2D eigenvalue weighted by atomic mass is 10.1. The van der Waals surface area contributed by atoms with Crippen LogP contribution in [0.5, 0.6) is 0 Å². The molecular formula is C11H15NO3S. The highest BCUT2D eigenvalue weighted by atomic mass is 32.1. The van der Waals surface area contributed by atoms with E-state index in [0.29, 0.717) is 6.54 Å². The van der Waals surface area contributed by atoms with Crippen molar-refractivity contribution in [1.29, 1.82) is 0 Å². The first-order valence-corrected chi connectivity index (χ1v) is 5.82. The van der Waals surface area contributed by atoms with Crippen LogP contribution in [-0.4, -0.2) is 28.9 Å². The molecule has 1 heterocycles. The van der Waals surface area contributed by atoms with Crippen LogP contribution in [0.25, 0.3) is 0 Å². The molecule has 1 amide bonds. The van der Waals surface area contributed by atoms with Crippen molar-refractivity contribution in [1.82, 2.24) is 4.90 Å². The summed E-state index contributed by atoms with van der Waals surface area (Å²) in [6.07, 6.45) is 0. The highest BCUT2D eigenvalue weighted by Crippen LogP contribution is 2.18. The molecule has 5 heteroatoms. The molecule has 0 aromatic carbocycles. The molecule has 1 rings (SSSR count). The first kappa shape index (κ1) is 12.7. The van der Waals surface area contributed by atoms with Gasteiger partial charge in [0.2, 0.25) is 5.91 Å². The molecule has 1 aromatic rings. The van der Waals surface area contributed by atoms with Gasteiger partial charge in [0.25, 0.3) is 0 Å². The standard InChI is InChI=1S/C11H15NO3S/c1-7-4-5-16-9(7)6-12(3)10(13)8(2)11(14)15/h4-5,8H,6H2,1-3H3,(H,14,15). The molecular weight excluding hydrogens is 226 g/mol. The van der Waals surface area contributed by atoms with Crippen LogP contribution in [0.2, 0.25) is 0 Å². The number of thiophene rings is 1. The molecule has 1 N–H and O–H groups in total. The van der Waals surface area contributed by atoms with Gasteiger partial charge in [0, 0.05) is 11.9 Å². The van der Waals surface area contributed by atoms with Crippen molar-refractivity contribution >= 4 is 23.2 Å². The highest BCUT2D eigenvalue weighted by Gasteiger charge is 2.24. The van der Waals surface area contributed by atoms with Gasteiger partial charge in [-0.2, -0.15) is 0 Å². The van der Waals surface area contributed by atoms with Crippen LogP contribution < -0.4 is 0 Å². The normalized spacial score (nSPS) is 12.2. The van der Waals surface area contributed by atoms with Crippen LogP contribution in [0.4, 0.5) is 0 Å². The van der Waals surface area contributed by atoms with E-state index in [-0.39, 0.29) is 5.91 Å². The van der Waals surface area contributed by atoms with Crippen molar-refractivity contribution in [3.8, 4) is 0 Å². The Hall–Kier alpha value is -1.36. The van der Waals surface area contributed by atoms with Gasteiger partial charge in [0.15, 0.2) is 0 Å². The second kappa shape index (κ2) is 5.12. The number of nitrogens with zero attached hydrogens (tertiary/aromatic N) is 1. The molecule has 0 radical (unpaired) electrons. The lowest BCUT2D eigenvalue weighted by Gasteiger charge is -2.19. The fourth-order valence-electron chi connectivity index (χ4n) is 1.30. The third kappa shape index (κ3) is 2.82. The van der Waals surface area contributed by atoms with Crippen LogP contribution in [0, 0.1) is 12.8 Å². The Kier molecular flexibility index (Phi) is 4.06. The van der Waals surface area contributed by atoms with Crippen LogP contribution in [0.15, 0.2) is 11.4 Å². The summed E-state index contributed by atoms with van der Waals surface area (Å²) in [5, 5.41) is 10.7. The second-order valence-corrected chi connectivity index (χ2v) is 4.78. The van der Waals surface area contributed by atoms with E-state index in [0.717, 1.165) is 10.4 Å². The van der Waals surface area contributed by atoms with Gasteiger partial charge >= 0.3 is 5.97 Å². The van der Waals surface area contributed by atoms with Crippen molar-refractivity contribution in [3.63, 3.8) is 0 Å². The Balaban J connectivity index is 2.66. The molecule has 0 saturated heterocycles. The summed E-state index contributed by atoms with van der Waals surface area (Å²) in [6.45, 7) is 3.85. The van der Waals surface area contributed by atoms with Crippen LogP contribution in [0.3, 0.4) is 0 Å². The average molecular weight is 241 g/mol. The fraction of sp³-hybridized carbons (Fsp3) is 0.455. The highest BCUT2D eigenvalue weighted by molar-refractivity contribution is 7.10. The maximum Gasteiger partial charge on any atom is 0.315 e. The van der Waals surface area contributed by atoms with Crippen LogP contribution in [-0.2, 0) is 16.1 Å². The van der Waals surface area contributed by atoms with Gasteiger partial charge in [-0.25, -0.2) is 0 Å². The van der Waals surface area contributed by atoms with Crippen molar-refractivity contribution in [2.45, 2.75) is 20.4 Å². The third-order valence-corrected chi connectivity index (χ3v) is 3.47. The summed E-state index contributed by atoms with van der Waals surface area (Å²) in [5.41, 5.74) is 1.13. The number of amides is 1. The predicted octanol–water partition coefficient (Wildman–Crippen LogP) is 1.74. The maximum atomic E-state index is 11.7. The molecule has 88 valence electrons. The average Bonchev–Trinajstić information content (AvgIpc) is 2.62. The number of carbonyl (C=O) groups excluding carboxylic acids is 1. The number of carboxylic acids is 1. The van der Waals surface area contributed by atoms with Crippen LogP contribution in [0.1, 0.15) is 17.4 Å². The van der Waals surface area contributed by atoms with Gasteiger partial charge in [-0.15, -0.1) is 11.3 Å². The fourth-order valence-corrected chi connectivity index (χ4v) is 2.25. The number of aliphatic carboxylic acids is 1. The third-order valence-electron chi connectivity index (χ3n) is 2.47. The lowest BCUT2D eigenvalue weighted by molar-refractivity contribution is -0.149. The molecule has 0 fully saturated rings. The van der Waals surface area contributed by atoms with Crippen molar-refractivity contribution in [2.24, 2.45) is 5.92 Å². The van der Waals surface area contributed by atoms with Gasteiger partial charge in [-0.05, 0) is 30.9 Å². The second-order valence-electron chi connectivity index (χ2n) is 3.78. The Morgan fingerprint density at radius 1 is 1.56 bits per heavy atom. The number of aryl methyl sites for hydroxylation is 1. The minimum Gasteiger partial charge on any atom is -0.481 e. The molecule has 1 unspecified atom stereocenters. The minimum atomic E-state index is -1.08. The van der Waals surface area contributed by atoms with E-state index in [1.54, 1.807) is 18.4 Å². The van der Waals surface area contributed by atoms with Gasteiger partial charge in [-0.1, -0.05) is 0 Å². The van der Waals surface area contributed by atoms with Crippen LogP contribution >= 0.6 is 11.3 Å². The molecule has 0 spiro atoms. The van der Waals surface area contributed by atoms with E-state index in [1.165, 1.54) is 11.8 Å². The molecule has 16 heavy (non-hydrogen) atoms. The largest absolute Gasteiger partial charge is 0.481 e. The van der Waals surface area contributed by atoms with E-state index in [4.69, 9.17) is 5.11 Å². The van der Waals surface area contributed by atoms with Crippen molar-refractivity contribution < 1.29 is 14.7 Å². The van der Waals surface area contributed by atoms with Gasteiger partial charge in [0.1, 0.15) is 5.92 Å². The molecule has 4 nitrogen and oxygen atoms in total. The zero-order chi connectivity index (χ0) is 12.3. The lowest BCUT2D eigenvalue weighted by Crippen LogP contribution is -2.34. The quantitative estimate of drug-likeness (QED) is 0.817. The molecule has 0 aliphatic rings. The van der Waals surface area contributed by atoms with E-state index in [1.807, 2.05) is 18.4 Å². The Bertz CT molecular complexity index is 400. The summed E-state index contributed by atoms with van der Waals surface area (Å²) < 4.78 is 0. The number of rotatable bonds is 4. The number of hydrogen-bond acceptors (Lipinski definition) is 3.